The highest BCUT2D eigenvalue weighted by atomic mass is 15.1. The second-order valence-corrected chi connectivity index (χ2v) is 4.69. The van der Waals surface area contributed by atoms with Crippen molar-refractivity contribution in [3.8, 4) is 0 Å². The summed E-state index contributed by atoms with van der Waals surface area (Å²) >= 11 is 0. The highest BCUT2D eigenvalue weighted by molar-refractivity contribution is 5.10. The molecule has 0 bridgehead atoms. The van der Waals surface area contributed by atoms with Crippen LogP contribution in [0, 0.1) is 0 Å². The molecule has 88 valence electrons. The minimum absolute atomic E-state index is 0.238. The van der Waals surface area contributed by atoms with Gasteiger partial charge < -0.3 is 10.6 Å². The van der Waals surface area contributed by atoms with Gasteiger partial charge in [-0.2, -0.15) is 0 Å². The van der Waals surface area contributed by atoms with Crippen LogP contribution in [0.5, 0.6) is 0 Å². The fourth-order valence-electron chi connectivity index (χ4n) is 2.36. The standard InChI is InChI=1S/C13H21N3/c14-13(9-12-5-4-6-15-10-12)11-16-7-2-1-3-8-16/h4-6,10,13H,1-3,7-9,11,14H2. The van der Waals surface area contributed by atoms with E-state index in [1.165, 1.54) is 37.9 Å². The zero-order valence-corrected chi connectivity index (χ0v) is 9.81. The molecule has 1 saturated heterocycles. The molecule has 0 spiro atoms. The van der Waals surface area contributed by atoms with E-state index in [4.69, 9.17) is 5.73 Å². The fourth-order valence-corrected chi connectivity index (χ4v) is 2.36. The van der Waals surface area contributed by atoms with Gasteiger partial charge in [0.05, 0.1) is 0 Å². The van der Waals surface area contributed by atoms with Crippen molar-refractivity contribution < 1.29 is 0 Å². The molecule has 3 heteroatoms. The third-order valence-corrected chi connectivity index (χ3v) is 3.16. The molecule has 16 heavy (non-hydrogen) atoms. The molecule has 3 nitrogen and oxygen atoms in total. The first-order valence-corrected chi connectivity index (χ1v) is 6.21. The lowest BCUT2D eigenvalue weighted by Gasteiger charge is -2.28. The quantitative estimate of drug-likeness (QED) is 0.833. The molecule has 1 unspecified atom stereocenters. The molecule has 1 aliphatic rings. The molecule has 0 aliphatic carbocycles. The van der Waals surface area contributed by atoms with E-state index in [9.17, 15) is 0 Å². The number of nitrogens with zero attached hydrogens (tertiary/aromatic N) is 2. The molecule has 1 atom stereocenters. The van der Waals surface area contributed by atoms with E-state index in [1.54, 1.807) is 6.20 Å². The van der Waals surface area contributed by atoms with E-state index in [2.05, 4.69) is 16.0 Å². The Kier molecular flexibility index (Phi) is 4.31. The third kappa shape index (κ3) is 3.58. The number of nitrogens with two attached hydrogens (primary N) is 1. The largest absolute Gasteiger partial charge is 0.326 e. The number of rotatable bonds is 4. The van der Waals surface area contributed by atoms with Crippen molar-refractivity contribution in [2.45, 2.75) is 31.7 Å². The van der Waals surface area contributed by atoms with Crippen LogP contribution < -0.4 is 5.73 Å². The van der Waals surface area contributed by atoms with Crippen molar-refractivity contribution in [1.82, 2.24) is 9.88 Å². The Balaban J connectivity index is 1.77. The molecule has 1 aromatic rings. The van der Waals surface area contributed by atoms with Gasteiger partial charge in [-0.05, 0) is 44.0 Å². The van der Waals surface area contributed by atoms with Gasteiger partial charge in [0.25, 0.3) is 0 Å². The van der Waals surface area contributed by atoms with Crippen LogP contribution in [-0.2, 0) is 6.42 Å². The second-order valence-electron chi connectivity index (χ2n) is 4.69. The number of pyridine rings is 1. The average molecular weight is 219 g/mol. The summed E-state index contributed by atoms with van der Waals surface area (Å²) in [7, 11) is 0. The van der Waals surface area contributed by atoms with E-state index in [-0.39, 0.29) is 6.04 Å². The Labute approximate surface area is 97.7 Å². The predicted molar refractivity (Wildman–Crippen MR) is 66.2 cm³/mol. The Bertz CT molecular complexity index is 293. The van der Waals surface area contributed by atoms with Crippen LogP contribution in [0.2, 0.25) is 0 Å². The fraction of sp³-hybridized carbons (Fsp3) is 0.615. The van der Waals surface area contributed by atoms with Crippen molar-refractivity contribution >= 4 is 0 Å². The van der Waals surface area contributed by atoms with Crippen LogP contribution in [0.1, 0.15) is 24.8 Å². The van der Waals surface area contributed by atoms with E-state index < -0.39 is 0 Å². The lowest BCUT2D eigenvalue weighted by molar-refractivity contribution is 0.215. The van der Waals surface area contributed by atoms with Gasteiger partial charge in [-0.1, -0.05) is 12.5 Å². The van der Waals surface area contributed by atoms with Gasteiger partial charge in [0.2, 0.25) is 0 Å². The Morgan fingerprint density at radius 1 is 1.31 bits per heavy atom. The number of piperidine rings is 1. The van der Waals surface area contributed by atoms with Crippen LogP contribution in [0.3, 0.4) is 0 Å². The normalized spacial score (nSPS) is 19.6. The smallest absolute Gasteiger partial charge is 0.0300 e. The summed E-state index contributed by atoms with van der Waals surface area (Å²) in [5.41, 5.74) is 7.41. The number of aromatic nitrogens is 1. The van der Waals surface area contributed by atoms with Crippen LogP contribution in [0.4, 0.5) is 0 Å². The van der Waals surface area contributed by atoms with E-state index in [1.807, 2.05) is 12.3 Å². The maximum atomic E-state index is 6.17. The molecule has 2 N–H and O–H groups in total. The molecule has 0 amide bonds. The van der Waals surface area contributed by atoms with Gasteiger partial charge >= 0.3 is 0 Å². The van der Waals surface area contributed by atoms with E-state index >= 15 is 0 Å². The highest BCUT2D eigenvalue weighted by Gasteiger charge is 2.13. The lowest BCUT2D eigenvalue weighted by atomic mass is 10.1. The predicted octanol–water partition coefficient (Wildman–Crippen LogP) is 1.44. The van der Waals surface area contributed by atoms with Gasteiger partial charge in [-0.15, -0.1) is 0 Å². The molecule has 1 aliphatic heterocycles. The molecule has 1 fully saturated rings. The van der Waals surface area contributed by atoms with E-state index in [0.717, 1.165) is 13.0 Å². The summed E-state index contributed by atoms with van der Waals surface area (Å²) in [5, 5.41) is 0. The molecular weight excluding hydrogens is 198 g/mol. The molecule has 0 radical (unpaired) electrons. The summed E-state index contributed by atoms with van der Waals surface area (Å²) < 4.78 is 0. The topological polar surface area (TPSA) is 42.1 Å². The maximum Gasteiger partial charge on any atom is 0.0300 e. The first-order chi connectivity index (χ1) is 7.84. The van der Waals surface area contributed by atoms with Gasteiger partial charge in [-0.25, -0.2) is 0 Å². The average Bonchev–Trinajstić information content (AvgIpc) is 2.31. The summed E-state index contributed by atoms with van der Waals surface area (Å²) in [6, 6.07) is 4.31. The lowest BCUT2D eigenvalue weighted by Crippen LogP contribution is -2.41. The minimum Gasteiger partial charge on any atom is -0.326 e. The third-order valence-electron chi connectivity index (χ3n) is 3.16. The van der Waals surface area contributed by atoms with Gasteiger partial charge in [0, 0.05) is 25.0 Å². The Hall–Kier alpha value is -0.930. The first kappa shape index (κ1) is 11.6. The Morgan fingerprint density at radius 3 is 2.81 bits per heavy atom. The van der Waals surface area contributed by atoms with Gasteiger partial charge in [0.1, 0.15) is 0 Å². The van der Waals surface area contributed by atoms with Crippen molar-refractivity contribution in [2.75, 3.05) is 19.6 Å². The number of hydrogen-bond donors (Lipinski definition) is 1. The van der Waals surface area contributed by atoms with Crippen LogP contribution >= 0.6 is 0 Å². The zero-order valence-electron chi connectivity index (χ0n) is 9.81. The van der Waals surface area contributed by atoms with Gasteiger partial charge in [-0.3, -0.25) is 4.98 Å². The maximum absolute atomic E-state index is 6.17. The molecule has 0 saturated carbocycles. The van der Waals surface area contributed by atoms with Crippen molar-refractivity contribution in [1.29, 1.82) is 0 Å². The zero-order chi connectivity index (χ0) is 11.2. The second kappa shape index (κ2) is 5.97. The summed E-state index contributed by atoms with van der Waals surface area (Å²) in [5.74, 6) is 0. The van der Waals surface area contributed by atoms with Crippen LogP contribution in [-0.4, -0.2) is 35.6 Å². The van der Waals surface area contributed by atoms with Crippen molar-refractivity contribution in [3.63, 3.8) is 0 Å². The molecule has 2 heterocycles. The van der Waals surface area contributed by atoms with Gasteiger partial charge in [0.15, 0.2) is 0 Å². The summed E-state index contributed by atoms with van der Waals surface area (Å²) in [4.78, 5) is 6.61. The highest BCUT2D eigenvalue weighted by Crippen LogP contribution is 2.09. The van der Waals surface area contributed by atoms with Crippen molar-refractivity contribution in [2.24, 2.45) is 5.73 Å². The minimum atomic E-state index is 0.238. The SMILES string of the molecule is NC(Cc1cccnc1)CN1CCCCC1. The molecule has 0 aromatic carbocycles. The first-order valence-electron chi connectivity index (χ1n) is 6.21. The van der Waals surface area contributed by atoms with Crippen LogP contribution in [0.15, 0.2) is 24.5 Å². The van der Waals surface area contributed by atoms with Crippen molar-refractivity contribution in [3.05, 3.63) is 30.1 Å². The van der Waals surface area contributed by atoms with Crippen LogP contribution in [0.25, 0.3) is 0 Å². The van der Waals surface area contributed by atoms with E-state index in [0.29, 0.717) is 0 Å². The summed E-state index contributed by atoms with van der Waals surface area (Å²) in [6.45, 7) is 3.47. The molecule has 1 aromatic heterocycles. The summed E-state index contributed by atoms with van der Waals surface area (Å²) in [6.07, 6.45) is 8.70. The molecule has 2 rings (SSSR count). The number of likely N-dealkylation sites (tertiary alicyclic amines) is 1. The number of hydrogen-bond acceptors (Lipinski definition) is 3. The monoisotopic (exact) mass is 219 g/mol. The molecular formula is C13H21N3. The Morgan fingerprint density at radius 2 is 2.12 bits per heavy atom.